The zero-order valence-corrected chi connectivity index (χ0v) is 16.0. The van der Waals surface area contributed by atoms with Gasteiger partial charge in [0.05, 0.1) is 15.6 Å². The number of rotatable bonds is 6. The number of nitrogens with zero attached hydrogens (tertiary/aromatic N) is 2. The minimum atomic E-state index is -0.0794. The molecule has 2 aromatic rings. The van der Waals surface area contributed by atoms with Crippen molar-refractivity contribution >= 4 is 34.5 Å². The molecule has 3 rings (SSSR count). The first-order chi connectivity index (χ1) is 12.2. The summed E-state index contributed by atoms with van der Waals surface area (Å²) >= 11 is 3.12. The van der Waals surface area contributed by atoms with E-state index in [1.54, 1.807) is 16.2 Å². The molecule has 1 fully saturated rings. The van der Waals surface area contributed by atoms with Crippen molar-refractivity contribution in [2.24, 2.45) is 5.92 Å². The maximum atomic E-state index is 12.5. The van der Waals surface area contributed by atoms with Gasteiger partial charge in [-0.15, -0.1) is 22.7 Å². The lowest BCUT2D eigenvalue weighted by Gasteiger charge is -2.31. The van der Waals surface area contributed by atoms with Gasteiger partial charge in [0.15, 0.2) is 5.78 Å². The Hall–Kier alpha value is -1.73. The number of likely N-dealkylation sites (tertiary alicyclic amines) is 1. The van der Waals surface area contributed by atoms with E-state index in [0.29, 0.717) is 13.1 Å². The van der Waals surface area contributed by atoms with Gasteiger partial charge < -0.3 is 10.2 Å². The fraction of sp³-hybridized carbons (Fsp3) is 0.500. The van der Waals surface area contributed by atoms with Crippen LogP contribution in [0.5, 0.6) is 0 Å². The number of Topliss-reactive ketones (excluding diaryl/α,β-unsaturated/α-hetero) is 1. The Bertz CT molecular complexity index is 712. The molecule has 1 aliphatic heterocycles. The van der Waals surface area contributed by atoms with Crippen molar-refractivity contribution in [2.45, 2.75) is 32.6 Å². The van der Waals surface area contributed by atoms with Crippen molar-refractivity contribution in [1.82, 2.24) is 15.2 Å². The topological polar surface area (TPSA) is 62.3 Å². The van der Waals surface area contributed by atoms with E-state index in [4.69, 9.17) is 0 Å². The maximum absolute atomic E-state index is 12.5. The lowest BCUT2D eigenvalue weighted by Crippen LogP contribution is -2.47. The molecule has 1 N–H and O–H groups in total. The summed E-state index contributed by atoms with van der Waals surface area (Å²) in [6.07, 6.45) is 3.43. The third-order valence-corrected chi connectivity index (χ3v) is 6.26. The Morgan fingerprint density at radius 3 is 3.00 bits per heavy atom. The van der Waals surface area contributed by atoms with Gasteiger partial charge in [-0.3, -0.25) is 4.79 Å². The Morgan fingerprint density at radius 2 is 2.28 bits per heavy atom. The van der Waals surface area contributed by atoms with E-state index in [2.05, 4.69) is 22.6 Å². The number of thiophene rings is 1. The SMILES string of the molecule is CCc1csc(CCNC(=O)N2CCCC(C(=O)c3cccs3)C2)n1. The van der Waals surface area contributed by atoms with Crippen LogP contribution >= 0.6 is 22.7 Å². The van der Waals surface area contributed by atoms with Crippen LogP contribution in [0.1, 0.15) is 40.1 Å². The van der Waals surface area contributed by atoms with E-state index < -0.39 is 0 Å². The highest BCUT2D eigenvalue weighted by molar-refractivity contribution is 7.12. The molecule has 1 saturated heterocycles. The highest BCUT2D eigenvalue weighted by Gasteiger charge is 2.29. The minimum Gasteiger partial charge on any atom is -0.338 e. The van der Waals surface area contributed by atoms with Crippen LogP contribution in [0, 0.1) is 5.92 Å². The first-order valence-corrected chi connectivity index (χ1v) is 10.5. The summed E-state index contributed by atoms with van der Waals surface area (Å²) in [4.78, 5) is 32.0. The molecule has 0 aliphatic carbocycles. The zero-order chi connectivity index (χ0) is 17.6. The lowest BCUT2D eigenvalue weighted by molar-refractivity contribution is 0.0850. The number of aromatic nitrogens is 1. The number of nitrogens with one attached hydrogen (secondary N) is 1. The molecule has 0 aromatic carbocycles. The van der Waals surface area contributed by atoms with Gasteiger partial charge in [0, 0.05) is 37.4 Å². The maximum Gasteiger partial charge on any atom is 0.317 e. The normalized spacial score (nSPS) is 17.5. The number of ketones is 1. The van der Waals surface area contributed by atoms with Crippen LogP contribution in [-0.4, -0.2) is 41.3 Å². The van der Waals surface area contributed by atoms with Gasteiger partial charge in [0.2, 0.25) is 0 Å². The lowest BCUT2D eigenvalue weighted by atomic mass is 9.93. The molecule has 3 heterocycles. The van der Waals surface area contributed by atoms with Gasteiger partial charge in [0.1, 0.15) is 0 Å². The number of piperidine rings is 1. The number of carbonyl (C=O) groups excluding carboxylic acids is 2. The number of thiazole rings is 1. The third kappa shape index (κ3) is 4.67. The Morgan fingerprint density at radius 1 is 1.40 bits per heavy atom. The molecule has 1 atom stereocenters. The molecule has 7 heteroatoms. The van der Waals surface area contributed by atoms with Gasteiger partial charge in [-0.2, -0.15) is 0 Å². The van der Waals surface area contributed by atoms with Crippen LogP contribution < -0.4 is 5.32 Å². The van der Waals surface area contributed by atoms with Gasteiger partial charge in [0.25, 0.3) is 0 Å². The zero-order valence-electron chi connectivity index (χ0n) is 14.4. The average Bonchev–Trinajstić information content (AvgIpc) is 3.33. The largest absolute Gasteiger partial charge is 0.338 e. The summed E-state index contributed by atoms with van der Waals surface area (Å²) in [6, 6.07) is 3.69. The second-order valence-electron chi connectivity index (χ2n) is 6.19. The molecule has 0 saturated carbocycles. The van der Waals surface area contributed by atoms with Crippen molar-refractivity contribution in [3.05, 3.63) is 38.5 Å². The van der Waals surface area contributed by atoms with Crippen molar-refractivity contribution in [3.8, 4) is 0 Å². The van der Waals surface area contributed by atoms with Crippen LogP contribution in [0.2, 0.25) is 0 Å². The number of urea groups is 1. The van der Waals surface area contributed by atoms with E-state index in [0.717, 1.165) is 47.8 Å². The summed E-state index contributed by atoms with van der Waals surface area (Å²) in [5, 5.41) is 8.02. The first-order valence-electron chi connectivity index (χ1n) is 8.71. The van der Waals surface area contributed by atoms with E-state index >= 15 is 0 Å². The van der Waals surface area contributed by atoms with E-state index in [1.165, 1.54) is 11.3 Å². The predicted molar refractivity (Wildman–Crippen MR) is 102 cm³/mol. The smallest absolute Gasteiger partial charge is 0.317 e. The van der Waals surface area contributed by atoms with Crippen LogP contribution in [0.3, 0.4) is 0 Å². The molecule has 0 bridgehead atoms. The monoisotopic (exact) mass is 377 g/mol. The molecule has 134 valence electrons. The van der Waals surface area contributed by atoms with E-state index in [-0.39, 0.29) is 17.7 Å². The Labute approximate surface area is 156 Å². The highest BCUT2D eigenvalue weighted by atomic mass is 32.1. The molecular weight excluding hydrogens is 354 g/mol. The minimum absolute atomic E-state index is 0.0732. The predicted octanol–water partition coefficient (Wildman–Crippen LogP) is 3.61. The molecule has 2 aromatic heterocycles. The Kier molecular flexibility index (Phi) is 6.20. The van der Waals surface area contributed by atoms with Gasteiger partial charge in [-0.05, 0) is 30.7 Å². The number of carbonyl (C=O) groups is 2. The van der Waals surface area contributed by atoms with Gasteiger partial charge >= 0.3 is 6.03 Å². The van der Waals surface area contributed by atoms with Crippen molar-refractivity contribution in [1.29, 1.82) is 0 Å². The Balaban J connectivity index is 1.47. The average molecular weight is 378 g/mol. The van der Waals surface area contributed by atoms with Gasteiger partial charge in [-0.25, -0.2) is 9.78 Å². The summed E-state index contributed by atoms with van der Waals surface area (Å²) < 4.78 is 0. The second-order valence-corrected chi connectivity index (χ2v) is 8.09. The first kappa shape index (κ1) is 18.1. The summed E-state index contributed by atoms with van der Waals surface area (Å²) in [5.41, 5.74) is 1.11. The standard InChI is InChI=1S/C18H23N3O2S2/c1-2-14-12-25-16(20-14)7-8-19-18(23)21-9-3-5-13(11-21)17(22)15-6-4-10-24-15/h4,6,10,12-13H,2-3,5,7-9,11H2,1H3,(H,19,23). The number of aryl methyl sites for hydroxylation is 1. The summed E-state index contributed by atoms with van der Waals surface area (Å²) in [6.45, 7) is 3.90. The molecule has 1 unspecified atom stereocenters. The highest BCUT2D eigenvalue weighted by Crippen LogP contribution is 2.23. The molecule has 2 amide bonds. The number of amides is 2. The second kappa shape index (κ2) is 8.58. The molecule has 0 spiro atoms. The van der Waals surface area contributed by atoms with E-state index in [1.807, 2.05) is 17.5 Å². The fourth-order valence-corrected chi connectivity index (χ4v) is 4.63. The van der Waals surface area contributed by atoms with Crippen LogP contribution in [0.15, 0.2) is 22.9 Å². The molecular formula is C18H23N3O2S2. The number of hydrogen-bond donors (Lipinski definition) is 1. The fourth-order valence-electron chi connectivity index (χ4n) is 3.01. The van der Waals surface area contributed by atoms with Crippen LogP contribution in [-0.2, 0) is 12.8 Å². The molecule has 25 heavy (non-hydrogen) atoms. The van der Waals surface area contributed by atoms with Crippen molar-refractivity contribution in [2.75, 3.05) is 19.6 Å². The quantitative estimate of drug-likeness (QED) is 0.782. The van der Waals surface area contributed by atoms with Crippen molar-refractivity contribution in [3.63, 3.8) is 0 Å². The number of hydrogen-bond acceptors (Lipinski definition) is 5. The molecule has 0 radical (unpaired) electrons. The third-order valence-electron chi connectivity index (χ3n) is 4.42. The summed E-state index contributed by atoms with van der Waals surface area (Å²) in [5.74, 6) is 0.0894. The van der Waals surface area contributed by atoms with E-state index in [9.17, 15) is 9.59 Å². The van der Waals surface area contributed by atoms with Crippen molar-refractivity contribution < 1.29 is 9.59 Å². The molecule has 5 nitrogen and oxygen atoms in total. The van der Waals surface area contributed by atoms with Crippen LogP contribution in [0.25, 0.3) is 0 Å². The summed E-state index contributed by atoms with van der Waals surface area (Å²) in [7, 11) is 0. The van der Waals surface area contributed by atoms with Crippen LogP contribution in [0.4, 0.5) is 4.79 Å². The van der Waals surface area contributed by atoms with Gasteiger partial charge in [-0.1, -0.05) is 13.0 Å². The molecule has 1 aliphatic rings.